The standard InChI is InChI=1S/C13H24N2O3/c1-10(2)13(18-11(3)16)8-14-15-7-5-6-12(15)9-17-4/h8,10,12-13H,5-7,9H2,1-4H3/b14-8+/t12-,13?/m0/s1. The van der Waals surface area contributed by atoms with Crippen LogP contribution in [0.1, 0.15) is 33.6 Å². The molecule has 0 aromatic carbocycles. The Kier molecular flexibility index (Phi) is 6.12. The lowest BCUT2D eigenvalue weighted by Gasteiger charge is -2.22. The summed E-state index contributed by atoms with van der Waals surface area (Å²) in [6.07, 6.45) is 3.71. The van der Waals surface area contributed by atoms with Crippen molar-refractivity contribution >= 4 is 12.2 Å². The highest BCUT2D eigenvalue weighted by Gasteiger charge is 2.23. The SMILES string of the molecule is COC[C@@H]1CCCN1/N=C/C(OC(C)=O)C(C)C. The van der Waals surface area contributed by atoms with Crippen molar-refractivity contribution in [1.82, 2.24) is 5.01 Å². The van der Waals surface area contributed by atoms with Gasteiger partial charge in [-0.25, -0.2) is 0 Å². The van der Waals surface area contributed by atoms with E-state index in [0.29, 0.717) is 12.6 Å². The van der Waals surface area contributed by atoms with E-state index in [1.807, 2.05) is 18.9 Å². The zero-order chi connectivity index (χ0) is 13.5. The largest absolute Gasteiger partial charge is 0.456 e. The highest BCUT2D eigenvalue weighted by Crippen LogP contribution is 2.17. The lowest BCUT2D eigenvalue weighted by atomic mass is 10.1. The molecule has 0 saturated carbocycles. The molecule has 0 aliphatic carbocycles. The summed E-state index contributed by atoms with van der Waals surface area (Å²) in [7, 11) is 1.70. The van der Waals surface area contributed by atoms with Crippen molar-refractivity contribution < 1.29 is 14.3 Å². The van der Waals surface area contributed by atoms with E-state index < -0.39 is 0 Å². The van der Waals surface area contributed by atoms with Crippen LogP contribution >= 0.6 is 0 Å². The Balaban J connectivity index is 2.56. The first-order valence-corrected chi connectivity index (χ1v) is 6.51. The first-order chi connectivity index (χ1) is 8.54. The maximum absolute atomic E-state index is 11.0. The average Bonchev–Trinajstić information content (AvgIpc) is 2.71. The normalized spacial score (nSPS) is 21.8. The zero-order valence-corrected chi connectivity index (χ0v) is 11.8. The number of rotatable bonds is 6. The van der Waals surface area contributed by atoms with E-state index in [-0.39, 0.29) is 18.0 Å². The molecular weight excluding hydrogens is 232 g/mol. The molecular formula is C13H24N2O3. The number of nitrogens with zero attached hydrogens (tertiary/aromatic N) is 2. The Morgan fingerprint density at radius 1 is 1.56 bits per heavy atom. The van der Waals surface area contributed by atoms with Crippen molar-refractivity contribution in [3.63, 3.8) is 0 Å². The van der Waals surface area contributed by atoms with Gasteiger partial charge in [-0.05, 0) is 18.8 Å². The maximum Gasteiger partial charge on any atom is 0.303 e. The van der Waals surface area contributed by atoms with Crippen LogP contribution in [-0.4, -0.2) is 49.6 Å². The van der Waals surface area contributed by atoms with E-state index in [9.17, 15) is 4.79 Å². The number of carbonyl (C=O) groups is 1. The Hall–Kier alpha value is -1.10. The Bertz CT molecular complexity index is 292. The molecule has 1 fully saturated rings. The van der Waals surface area contributed by atoms with Crippen LogP contribution in [0.3, 0.4) is 0 Å². The van der Waals surface area contributed by atoms with Crippen molar-refractivity contribution in [3.05, 3.63) is 0 Å². The Morgan fingerprint density at radius 3 is 2.83 bits per heavy atom. The third kappa shape index (κ3) is 4.64. The van der Waals surface area contributed by atoms with Crippen LogP contribution in [0.2, 0.25) is 0 Å². The topological polar surface area (TPSA) is 51.1 Å². The third-order valence-electron chi connectivity index (χ3n) is 3.03. The molecule has 0 N–H and O–H groups in total. The molecule has 1 aliphatic heterocycles. The van der Waals surface area contributed by atoms with Crippen LogP contribution < -0.4 is 0 Å². The molecule has 0 bridgehead atoms. The van der Waals surface area contributed by atoms with Gasteiger partial charge in [-0.3, -0.25) is 9.80 Å². The van der Waals surface area contributed by atoms with Gasteiger partial charge in [0.1, 0.15) is 6.10 Å². The lowest BCUT2D eigenvalue weighted by Crippen LogP contribution is -2.31. The first-order valence-electron chi connectivity index (χ1n) is 6.51. The predicted molar refractivity (Wildman–Crippen MR) is 70.5 cm³/mol. The van der Waals surface area contributed by atoms with E-state index in [2.05, 4.69) is 5.10 Å². The number of hydrogen-bond acceptors (Lipinski definition) is 5. The molecule has 0 aromatic rings. The van der Waals surface area contributed by atoms with Gasteiger partial charge in [0.15, 0.2) is 0 Å². The van der Waals surface area contributed by atoms with Crippen LogP contribution in [0.15, 0.2) is 5.10 Å². The first kappa shape index (κ1) is 15.0. The fourth-order valence-corrected chi connectivity index (χ4v) is 2.02. The minimum Gasteiger partial charge on any atom is -0.456 e. The molecule has 0 amide bonds. The molecule has 1 saturated heterocycles. The third-order valence-corrected chi connectivity index (χ3v) is 3.03. The predicted octanol–water partition coefficient (Wildman–Crippen LogP) is 1.67. The second kappa shape index (κ2) is 7.36. The van der Waals surface area contributed by atoms with E-state index in [4.69, 9.17) is 9.47 Å². The van der Waals surface area contributed by atoms with E-state index in [1.54, 1.807) is 13.3 Å². The number of carbonyl (C=O) groups excluding carboxylic acids is 1. The quantitative estimate of drug-likeness (QED) is 0.536. The Labute approximate surface area is 109 Å². The minimum atomic E-state index is -0.269. The number of hydrogen-bond donors (Lipinski definition) is 0. The summed E-state index contributed by atoms with van der Waals surface area (Å²) in [5.41, 5.74) is 0. The minimum absolute atomic E-state index is 0.223. The van der Waals surface area contributed by atoms with Gasteiger partial charge in [-0.15, -0.1) is 0 Å². The average molecular weight is 256 g/mol. The molecule has 104 valence electrons. The number of ether oxygens (including phenoxy) is 2. The summed E-state index contributed by atoms with van der Waals surface area (Å²) >= 11 is 0. The van der Waals surface area contributed by atoms with E-state index >= 15 is 0 Å². The molecule has 5 nitrogen and oxygen atoms in total. The lowest BCUT2D eigenvalue weighted by molar-refractivity contribution is -0.144. The highest BCUT2D eigenvalue weighted by molar-refractivity contribution is 5.72. The zero-order valence-electron chi connectivity index (χ0n) is 11.8. The van der Waals surface area contributed by atoms with Crippen molar-refractivity contribution in [2.24, 2.45) is 11.0 Å². The fraction of sp³-hybridized carbons (Fsp3) is 0.846. The van der Waals surface area contributed by atoms with Crippen LogP contribution in [0, 0.1) is 5.92 Å². The summed E-state index contributed by atoms with van der Waals surface area (Å²) < 4.78 is 10.4. The molecule has 1 rings (SSSR count). The van der Waals surface area contributed by atoms with Gasteiger partial charge in [0.2, 0.25) is 0 Å². The van der Waals surface area contributed by atoms with Gasteiger partial charge in [-0.1, -0.05) is 13.8 Å². The number of esters is 1. The van der Waals surface area contributed by atoms with E-state index in [1.165, 1.54) is 6.92 Å². The maximum atomic E-state index is 11.0. The summed E-state index contributed by atoms with van der Waals surface area (Å²) in [5, 5.41) is 6.48. The summed E-state index contributed by atoms with van der Waals surface area (Å²) in [6.45, 7) is 7.08. The molecule has 0 aromatic heterocycles. The molecule has 0 radical (unpaired) electrons. The monoisotopic (exact) mass is 256 g/mol. The van der Waals surface area contributed by atoms with Crippen LogP contribution in [-0.2, 0) is 14.3 Å². The van der Waals surface area contributed by atoms with Gasteiger partial charge >= 0.3 is 5.97 Å². The van der Waals surface area contributed by atoms with Gasteiger partial charge in [0.25, 0.3) is 0 Å². The molecule has 0 spiro atoms. The summed E-state index contributed by atoms with van der Waals surface area (Å²) in [5.74, 6) is -0.0452. The van der Waals surface area contributed by atoms with Crippen molar-refractivity contribution in [1.29, 1.82) is 0 Å². The molecule has 1 unspecified atom stereocenters. The molecule has 1 aliphatic rings. The van der Waals surface area contributed by atoms with Gasteiger partial charge in [-0.2, -0.15) is 5.10 Å². The smallest absolute Gasteiger partial charge is 0.303 e. The second-order valence-electron chi connectivity index (χ2n) is 5.00. The second-order valence-corrected chi connectivity index (χ2v) is 5.00. The van der Waals surface area contributed by atoms with E-state index in [0.717, 1.165) is 19.4 Å². The molecule has 18 heavy (non-hydrogen) atoms. The highest BCUT2D eigenvalue weighted by atomic mass is 16.5. The van der Waals surface area contributed by atoms with Gasteiger partial charge < -0.3 is 9.47 Å². The summed E-state index contributed by atoms with van der Waals surface area (Å²) in [6, 6.07) is 0.344. The van der Waals surface area contributed by atoms with Crippen molar-refractivity contribution in [3.8, 4) is 0 Å². The number of methoxy groups -OCH3 is 1. The number of hydrazone groups is 1. The van der Waals surface area contributed by atoms with Gasteiger partial charge in [0.05, 0.1) is 18.9 Å². The van der Waals surface area contributed by atoms with Crippen molar-refractivity contribution in [2.75, 3.05) is 20.3 Å². The van der Waals surface area contributed by atoms with Crippen LogP contribution in [0.5, 0.6) is 0 Å². The molecule has 5 heteroatoms. The molecule has 2 atom stereocenters. The molecule has 1 heterocycles. The van der Waals surface area contributed by atoms with Crippen LogP contribution in [0.4, 0.5) is 0 Å². The fourth-order valence-electron chi connectivity index (χ4n) is 2.02. The van der Waals surface area contributed by atoms with Crippen LogP contribution in [0.25, 0.3) is 0 Å². The van der Waals surface area contributed by atoms with Gasteiger partial charge in [0, 0.05) is 20.6 Å². The summed E-state index contributed by atoms with van der Waals surface area (Å²) in [4.78, 5) is 11.0. The Morgan fingerprint density at radius 2 is 2.28 bits per heavy atom. The van der Waals surface area contributed by atoms with Crippen molar-refractivity contribution in [2.45, 2.75) is 45.8 Å².